The monoisotopic (exact) mass is 354 g/mol. The maximum Gasteiger partial charge on any atom is 0.331 e. The zero-order valence-electron chi connectivity index (χ0n) is 14.6. The number of aromatic nitrogens is 1. The van der Waals surface area contributed by atoms with E-state index in [4.69, 9.17) is 9.15 Å². The van der Waals surface area contributed by atoms with E-state index in [-0.39, 0.29) is 5.76 Å². The van der Waals surface area contributed by atoms with Crippen LogP contribution in [0.4, 0.5) is 0 Å². The molecule has 1 amide bonds. The zero-order chi connectivity index (χ0) is 18.8. The lowest BCUT2D eigenvalue weighted by Crippen LogP contribution is -2.36. The van der Waals surface area contributed by atoms with E-state index in [0.717, 1.165) is 10.3 Å². The number of amides is 1. The number of carboxylic acids is 1. The third-order valence-corrected chi connectivity index (χ3v) is 4.28. The smallest absolute Gasteiger partial charge is 0.331 e. The Morgan fingerprint density at radius 1 is 1.31 bits per heavy atom. The molecule has 0 saturated heterocycles. The summed E-state index contributed by atoms with van der Waals surface area (Å²) in [7, 11) is 2.98. The third-order valence-electron chi connectivity index (χ3n) is 4.28. The van der Waals surface area contributed by atoms with Gasteiger partial charge in [-0.1, -0.05) is 6.07 Å². The van der Waals surface area contributed by atoms with Crippen LogP contribution in [0.1, 0.15) is 27.7 Å². The van der Waals surface area contributed by atoms with Crippen LogP contribution in [0.25, 0.3) is 11.0 Å². The van der Waals surface area contributed by atoms with Gasteiger partial charge in [0.15, 0.2) is 11.8 Å². The first kappa shape index (κ1) is 17.5. The van der Waals surface area contributed by atoms with Gasteiger partial charge in [0, 0.05) is 42.0 Å². The Kier molecular flexibility index (Phi) is 4.62. The zero-order valence-corrected chi connectivity index (χ0v) is 14.6. The molecule has 0 radical (unpaired) electrons. The number of furan rings is 1. The minimum atomic E-state index is -1.17. The number of ether oxygens (including phenoxy) is 1. The molecule has 3 rings (SSSR count). The molecule has 1 aromatic carbocycles. The number of rotatable bonds is 5. The molecule has 0 aliphatic rings. The second kappa shape index (κ2) is 6.87. The highest BCUT2D eigenvalue weighted by molar-refractivity contribution is 6.00. The SMILES string of the molecule is COc1ccc2c(C)c(C(=O)N(C)C(C(=O)O)c3cccnc3)oc2c1. The number of carbonyl (C=O) groups is 2. The Morgan fingerprint density at radius 2 is 2.08 bits per heavy atom. The second-order valence-electron chi connectivity index (χ2n) is 5.86. The molecular formula is C19H18N2O5. The molecule has 0 aliphatic carbocycles. The number of benzene rings is 1. The number of methoxy groups -OCH3 is 1. The molecule has 1 unspecified atom stereocenters. The van der Waals surface area contributed by atoms with Crippen molar-refractivity contribution in [2.75, 3.05) is 14.2 Å². The van der Waals surface area contributed by atoms with Crippen LogP contribution in [0.5, 0.6) is 5.75 Å². The van der Waals surface area contributed by atoms with Gasteiger partial charge in [-0.15, -0.1) is 0 Å². The number of hydrogen-bond donors (Lipinski definition) is 1. The number of hydrogen-bond acceptors (Lipinski definition) is 5. The van der Waals surface area contributed by atoms with Crippen molar-refractivity contribution in [2.24, 2.45) is 0 Å². The molecule has 0 bridgehead atoms. The number of pyridine rings is 1. The van der Waals surface area contributed by atoms with Crippen molar-refractivity contribution < 1.29 is 23.8 Å². The first-order valence-electron chi connectivity index (χ1n) is 7.91. The molecule has 0 fully saturated rings. The van der Waals surface area contributed by atoms with E-state index in [1.54, 1.807) is 50.6 Å². The van der Waals surface area contributed by atoms with E-state index >= 15 is 0 Å². The summed E-state index contributed by atoms with van der Waals surface area (Å²) < 4.78 is 10.9. The quantitative estimate of drug-likeness (QED) is 0.757. The van der Waals surface area contributed by atoms with E-state index in [2.05, 4.69) is 4.98 Å². The van der Waals surface area contributed by atoms with Crippen LogP contribution < -0.4 is 4.74 Å². The summed E-state index contributed by atoms with van der Waals surface area (Å²) in [6.45, 7) is 1.76. The molecular weight excluding hydrogens is 336 g/mol. The molecule has 3 aromatic rings. The lowest BCUT2D eigenvalue weighted by Gasteiger charge is -2.24. The van der Waals surface area contributed by atoms with Crippen molar-refractivity contribution in [2.45, 2.75) is 13.0 Å². The van der Waals surface area contributed by atoms with E-state index in [1.165, 1.54) is 13.2 Å². The average Bonchev–Trinajstić information content (AvgIpc) is 2.97. The molecule has 7 heteroatoms. The number of carbonyl (C=O) groups excluding carboxylic acids is 1. The summed E-state index contributed by atoms with van der Waals surface area (Å²) in [6.07, 6.45) is 2.97. The Bertz CT molecular complexity index is 965. The van der Waals surface area contributed by atoms with Crippen LogP contribution in [0.2, 0.25) is 0 Å². The van der Waals surface area contributed by atoms with E-state index in [1.807, 2.05) is 0 Å². The van der Waals surface area contributed by atoms with Crippen LogP contribution in [0.15, 0.2) is 47.1 Å². The Balaban J connectivity index is 2.01. The normalized spacial score (nSPS) is 12.0. The van der Waals surface area contributed by atoms with Gasteiger partial charge in [-0.05, 0) is 25.1 Å². The van der Waals surface area contributed by atoms with Crippen molar-refractivity contribution in [3.05, 3.63) is 59.6 Å². The van der Waals surface area contributed by atoms with Crippen molar-refractivity contribution in [3.63, 3.8) is 0 Å². The van der Waals surface area contributed by atoms with Gasteiger partial charge in [-0.25, -0.2) is 4.79 Å². The molecule has 2 heterocycles. The average molecular weight is 354 g/mol. The predicted octanol–water partition coefficient (Wildman–Crippen LogP) is 3.04. The first-order valence-corrected chi connectivity index (χ1v) is 7.91. The summed E-state index contributed by atoms with van der Waals surface area (Å²) in [6, 6.07) is 7.35. The number of fused-ring (bicyclic) bond motifs is 1. The van der Waals surface area contributed by atoms with Gasteiger partial charge < -0.3 is 19.2 Å². The maximum atomic E-state index is 12.9. The van der Waals surface area contributed by atoms with Gasteiger partial charge in [0.1, 0.15) is 11.3 Å². The first-order chi connectivity index (χ1) is 12.4. The molecule has 1 atom stereocenters. The lowest BCUT2D eigenvalue weighted by atomic mass is 10.1. The molecule has 0 aliphatic heterocycles. The highest BCUT2D eigenvalue weighted by Crippen LogP contribution is 2.30. The molecule has 26 heavy (non-hydrogen) atoms. The number of aliphatic carboxylic acids is 1. The van der Waals surface area contributed by atoms with Crippen LogP contribution in [-0.2, 0) is 4.79 Å². The summed E-state index contributed by atoms with van der Waals surface area (Å²) >= 11 is 0. The molecule has 134 valence electrons. The van der Waals surface area contributed by atoms with Gasteiger partial charge in [-0.2, -0.15) is 0 Å². The second-order valence-corrected chi connectivity index (χ2v) is 5.86. The van der Waals surface area contributed by atoms with Crippen molar-refractivity contribution in [3.8, 4) is 5.75 Å². The minimum Gasteiger partial charge on any atom is -0.497 e. The standard InChI is InChI=1S/C19H18N2O5/c1-11-14-7-6-13(25-3)9-15(14)26-17(11)18(22)21(2)16(19(23)24)12-5-4-8-20-10-12/h4-10,16H,1-3H3,(H,23,24). The van der Waals surface area contributed by atoms with Crippen LogP contribution >= 0.6 is 0 Å². The lowest BCUT2D eigenvalue weighted by molar-refractivity contribution is -0.142. The van der Waals surface area contributed by atoms with Crippen molar-refractivity contribution in [1.82, 2.24) is 9.88 Å². The number of likely N-dealkylation sites (N-methyl/N-ethyl adjacent to an activating group) is 1. The van der Waals surface area contributed by atoms with Crippen molar-refractivity contribution in [1.29, 1.82) is 0 Å². The third kappa shape index (κ3) is 2.99. The molecule has 0 saturated carbocycles. The van der Waals surface area contributed by atoms with Gasteiger partial charge in [-0.3, -0.25) is 9.78 Å². The summed E-state index contributed by atoms with van der Waals surface area (Å²) in [4.78, 5) is 29.8. The number of nitrogens with zero attached hydrogens (tertiary/aromatic N) is 2. The van der Waals surface area contributed by atoms with E-state index < -0.39 is 17.9 Å². The maximum absolute atomic E-state index is 12.9. The fourth-order valence-electron chi connectivity index (χ4n) is 2.88. The van der Waals surface area contributed by atoms with Gasteiger partial charge >= 0.3 is 5.97 Å². The van der Waals surface area contributed by atoms with Crippen molar-refractivity contribution >= 4 is 22.8 Å². The Morgan fingerprint density at radius 3 is 2.69 bits per heavy atom. The Labute approximate surface area is 149 Å². The van der Waals surface area contributed by atoms with E-state index in [9.17, 15) is 14.7 Å². The van der Waals surface area contributed by atoms with Crippen LogP contribution in [-0.4, -0.2) is 41.0 Å². The highest BCUT2D eigenvalue weighted by atomic mass is 16.5. The summed E-state index contributed by atoms with van der Waals surface area (Å²) in [5.74, 6) is -0.957. The topological polar surface area (TPSA) is 92.9 Å². The van der Waals surface area contributed by atoms with E-state index in [0.29, 0.717) is 22.5 Å². The predicted molar refractivity (Wildman–Crippen MR) is 94.2 cm³/mol. The minimum absolute atomic E-state index is 0.103. The summed E-state index contributed by atoms with van der Waals surface area (Å²) in [5.41, 5.74) is 1.56. The summed E-state index contributed by atoms with van der Waals surface area (Å²) in [5, 5.41) is 10.4. The van der Waals surface area contributed by atoms with Crippen LogP contribution in [0, 0.1) is 6.92 Å². The number of carboxylic acid groups (broad SMARTS) is 1. The fraction of sp³-hybridized carbons (Fsp3) is 0.211. The highest BCUT2D eigenvalue weighted by Gasteiger charge is 2.32. The molecule has 1 N–H and O–H groups in total. The molecule has 7 nitrogen and oxygen atoms in total. The van der Waals surface area contributed by atoms with Crippen LogP contribution in [0.3, 0.4) is 0 Å². The Hall–Kier alpha value is -3.35. The largest absolute Gasteiger partial charge is 0.497 e. The van der Waals surface area contributed by atoms with Gasteiger partial charge in [0.05, 0.1) is 7.11 Å². The fourth-order valence-corrected chi connectivity index (χ4v) is 2.88. The van der Waals surface area contributed by atoms with Gasteiger partial charge in [0.2, 0.25) is 0 Å². The molecule has 2 aromatic heterocycles. The van der Waals surface area contributed by atoms with Gasteiger partial charge in [0.25, 0.3) is 5.91 Å². The molecule has 0 spiro atoms. The number of aryl methyl sites for hydroxylation is 1.